The van der Waals surface area contributed by atoms with Crippen LogP contribution in [0.5, 0.6) is 11.5 Å². The SMILES string of the molecule is COc1ccc([C@H]2C3=C(C[C@@H](c4cccs4)CC3=O)Nc3c2c(C)nn3-c2ccccc2C(=O)O)c(OC)c1. The molecule has 3 heterocycles. The Morgan fingerprint density at radius 2 is 1.92 bits per heavy atom. The van der Waals surface area contributed by atoms with Crippen LogP contribution in [-0.4, -0.2) is 40.9 Å². The summed E-state index contributed by atoms with van der Waals surface area (Å²) in [6.45, 7) is 1.89. The zero-order valence-electron chi connectivity index (χ0n) is 21.7. The maximum absolute atomic E-state index is 13.9. The molecular formula is C30H27N3O5S. The number of allylic oxidation sites excluding steroid dienone is 2. The number of para-hydroxylation sites is 1. The van der Waals surface area contributed by atoms with Crippen molar-refractivity contribution in [3.05, 3.63) is 98.5 Å². The first-order chi connectivity index (χ1) is 18.9. The van der Waals surface area contributed by atoms with E-state index in [0.717, 1.165) is 16.8 Å². The molecule has 0 saturated heterocycles. The molecule has 39 heavy (non-hydrogen) atoms. The van der Waals surface area contributed by atoms with Gasteiger partial charge in [0.15, 0.2) is 5.78 Å². The second-order valence-electron chi connectivity index (χ2n) is 9.68. The zero-order valence-corrected chi connectivity index (χ0v) is 22.5. The Bertz CT molecular complexity index is 1640. The first-order valence-electron chi connectivity index (χ1n) is 12.6. The maximum atomic E-state index is 13.9. The number of ether oxygens (including phenoxy) is 2. The third kappa shape index (κ3) is 4.10. The summed E-state index contributed by atoms with van der Waals surface area (Å²) in [5, 5.41) is 20.3. The highest BCUT2D eigenvalue weighted by Crippen LogP contribution is 2.51. The maximum Gasteiger partial charge on any atom is 0.337 e. The second-order valence-corrected chi connectivity index (χ2v) is 10.7. The van der Waals surface area contributed by atoms with E-state index in [-0.39, 0.29) is 17.3 Å². The van der Waals surface area contributed by atoms with Gasteiger partial charge in [-0.15, -0.1) is 11.3 Å². The molecule has 2 N–H and O–H groups in total. The minimum absolute atomic E-state index is 0.0625. The Morgan fingerprint density at radius 3 is 2.64 bits per heavy atom. The molecule has 0 unspecified atom stereocenters. The number of methoxy groups -OCH3 is 2. The predicted molar refractivity (Wildman–Crippen MR) is 149 cm³/mol. The van der Waals surface area contributed by atoms with E-state index < -0.39 is 11.9 Å². The number of Topliss-reactive ketones (excluding diaryl/α,β-unsaturated/α-hetero) is 1. The molecule has 2 aliphatic rings. The van der Waals surface area contributed by atoms with E-state index in [4.69, 9.17) is 14.6 Å². The van der Waals surface area contributed by atoms with Crippen molar-refractivity contribution in [3.63, 3.8) is 0 Å². The van der Waals surface area contributed by atoms with E-state index >= 15 is 0 Å². The molecule has 8 nitrogen and oxygen atoms in total. The van der Waals surface area contributed by atoms with Crippen molar-refractivity contribution in [2.45, 2.75) is 31.6 Å². The summed E-state index contributed by atoms with van der Waals surface area (Å²) in [7, 11) is 3.20. The highest BCUT2D eigenvalue weighted by atomic mass is 32.1. The predicted octanol–water partition coefficient (Wildman–Crippen LogP) is 5.92. The Morgan fingerprint density at radius 1 is 1.10 bits per heavy atom. The van der Waals surface area contributed by atoms with Gasteiger partial charge in [0.2, 0.25) is 0 Å². The van der Waals surface area contributed by atoms with Crippen LogP contribution in [0.4, 0.5) is 5.82 Å². The number of benzene rings is 2. The lowest BCUT2D eigenvalue weighted by atomic mass is 9.73. The van der Waals surface area contributed by atoms with Gasteiger partial charge in [-0.2, -0.15) is 5.10 Å². The number of carboxylic acids is 1. The topological polar surface area (TPSA) is 103 Å². The van der Waals surface area contributed by atoms with E-state index in [1.165, 1.54) is 4.88 Å². The number of nitrogens with one attached hydrogen (secondary N) is 1. The molecule has 0 fully saturated rings. The van der Waals surface area contributed by atoms with Gasteiger partial charge in [-0.25, -0.2) is 9.48 Å². The van der Waals surface area contributed by atoms with Crippen LogP contribution in [0, 0.1) is 6.92 Å². The number of hydrogen-bond donors (Lipinski definition) is 2. The molecule has 0 spiro atoms. The Labute approximate surface area is 229 Å². The van der Waals surface area contributed by atoms with Gasteiger partial charge in [0.1, 0.15) is 17.3 Å². The minimum Gasteiger partial charge on any atom is -0.497 e. The van der Waals surface area contributed by atoms with E-state index in [2.05, 4.69) is 11.4 Å². The number of thiophene rings is 1. The summed E-state index contributed by atoms with van der Waals surface area (Å²) in [6, 6.07) is 16.5. The number of rotatable bonds is 6. The summed E-state index contributed by atoms with van der Waals surface area (Å²) < 4.78 is 12.9. The number of aryl methyl sites for hydroxylation is 1. The van der Waals surface area contributed by atoms with Crippen LogP contribution in [0.1, 0.15) is 56.7 Å². The van der Waals surface area contributed by atoms with Gasteiger partial charge in [-0.1, -0.05) is 24.3 Å². The monoisotopic (exact) mass is 541 g/mol. The van der Waals surface area contributed by atoms with Crippen LogP contribution < -0.4 is 14.8 Å². The van der Waals surface area contributed by atoms with E-state index in [1.807, 2.05) is 36.6 Å². The van der Waals surface area contributed by atoms with Crippen LogP contribution in [0.15, 0.2) is 71.2 Å². The van der Waals surface area contributed by atoms with Crippen molar-refractivity contribution in [1.82, 2.24) is 9.78 Å². The third-order valence-corrected chi connectivity index (χ3v) is 8.56. The standard InChI is InChI=1S/C30H27N3O5S/c1-16-26-27(20-11-10-18(37-2)15-24(20)38-3)28-21(13-17(14-23(28)34)25-9-6-12-39-25)31-29(26)33(32-16)22-8-5-4-7-19(22)30(35)36/h4-12,15,17,27,31H,13-14H2,1-3H3,(H,35,36)/t17-,27-/m1/s1. The van der Waals surface area contributed by atoms with Gasteiger partial charge in [0, 0.05) is 51.6 Å². The molecule has 6 rings (SSSR count). The number of ketones is 1. The van der Waals surface area contributed by atoms with Crippen molar-refractivity contribution < 1.29 is 24.2 Å². The van der Waals surface area contributed by atoms with Gasteiger partial charge >= 0.3 is 5.97 Å². The van der Waals surface area contributed by atoms with Crippen molar-refractivity contribution in [1.29, 1.82) is 0 Å². The summed E-state index contributed by atoms with van der Waals surface area (Å²) in [5.41, 5.74) is 4.45. The molecule has 0 amide bonds. The Balaban J connectivity index is 1.59. The van der Waals surface area contributed by atoms with Gasteiger partial charge in [-0.3, -0.25) is 4.79 Å². The summed E-state index contributed by atoms with van der Waals surface area (Å²) in [5.74, 6) is 0.560. The van der Waals surface area contributed by atoms with Gasteiger partial charge in [-0.05, 0) is 43.0 Å². The van der Waals surface area contributed by atoms with E-state index in [1.54, 1.807) is 54.5 Å². The van der Waals surface area contributed by atoms with Crippen molar-refractivity contribution in [3.8, 4) is 17.2 Å². The molecule has 198 valence electrons. The lowest BCUT2D eigenvalue weighted by molar-refractivity contribution is -0.116. The van der Waals surface area contributed by atoms with Gasteiger partial charge < -0.3 is 19.9 Å². The van der Waals surface area contributed by atoms with Crippen LogP contribution in [0.3, 0.4) is 0 Å². The molecule has 0 saturated carbocycles. The normalized spacial score (nSPS) is 18.3. The molecule has 0 radical (unpaired) electrons. The average Bonchev–Trinajstić information content (AvgIpc) is 3.60. The average molecular weight is 542 g/mol. The largest absolute Gasteiger partial charge is 0.497 e. The summed E-state index contributed by atoms with van der Waals surface area (Å²) in [4.78, 5) is 27.2. The Kier molecular flexibility index (Phi) is 6.23. The number of anilines is 1. The number of fused-ring (bicyclic) bond motifs is 1. The number of carbonyl (C=O) groups excluding carboxylic acids is 1. The molecule has 2 atom stereocenters. The van der Waals surface area contributed by atoms with Crippen LogP contribution in [0.2, 0.25) is 0 Å². The summed E-state index contributed by atoms with van der Waals surface area (Å²) in [6.07, 6.45) is 1.07. The van der Waals surface area contributed by atoms with Crippen molar-refractivity contribution in [2.75, 3.05) is 19.5 Å². The smallest absolute Gasteiger partial charge is 0.337 e. The summed E-state index contributed by atoms with van der Waals surface area (Å²) >= 11 is 1.65. The number of carbonyl (C=O) groups is 2. The quantitative estimate of drug-likeness (QED) is 0.313. The molecule has 9 heteroatoms. The molecule has 1 aliphatic carbocycles. The first-order valence-corrected chi connectivity index (χ1v) is 13.5. The molecule has 2 aromatic carbocycles. The fourth-order valence-corrected chi connectivity index (χ4v) is 6.61. The van der Waals surface area contributed by atoms with Crippen LogP contribution in [0.25, 0.3) is 5.69 Å². The van der Waals surface area contributed by atoms with E-state index in [9.17, 15) is 14.7 Å². The second kappa shape index (κ2) is 9.74. The van der Waals surface area contributed by atoms with Crippen molar-refractivity contribution >= 4 is 28.9 Å². The lowest BCUT2D eigenvalue weighted by Crippen LogP contribution is -2.30. The number of aromatic nitrogens is 2. The number of nitrogens with zero attached hydrogens (tertiary/aromatic N) is 2. The highest BCUT2D eigenvalue weighted by Gasteiger charge is 2.42. The van der Waals surface area contributed by atoms with Crippen LogP contribution in [-0.2, 0) is 4.79 Å². The Hall–Kier alpha value is -4.37. The minimum atomic E-state index is -1.04. The molecular weight excluding hydrogens is 514 g/mol. The highest BCUT2D eigenvalue weighted by molar-refractivity contribution is 7.10. The molecule has 4 aromatic rings. The number of hydrogen-bond acceptors (Lipinski definition) is 7. The number of carboxylic acid groups (broad SMARTS) is 1. The third-order valence-electron chi connectivity index (χ3n) is 7.52. The van der Waals surface area contributed by atoms with Gasteiger partial charge in [0.05, 0.1) is 31.2 Å². The molecule has 2 aromatic heterocycles. The molecule has 1 aliphatic heterocycles. The number of aromatic carboxylic acids is 1. The molecule has 0 bridgehead atoms. The fraction of sp³-hybridized carbons (Fsp3) is 0.233. The van der Waals surface area contributed by atoms with E-state index in [0.29, 0.717) is 47.1 Å². The van der Waals surface area contributed by atoms with Gasteiger partial charge in [0.25, 0.3) is 0 Å². The first kappa shape index (κ1) is 24.9. The van der Waals surface area contributed by atoms with Crippen LogP contribution >= 0.6 is 11.3 Å². The fourth-order valence-electron chi connectivity index (χ4n) is 5.78. The zero-order chi connectivity index (χ0) is 27.3. The van der Waals surface area contributed by atoms with Crippen molar-refractivity contribution in [2.24, 2.45) is 0 Å². The lowest BCUT2D eigenvalue weighted by Gasteiger charge is -2.36.